The molecule has 1 aliphatic heterocycles. The van der Waals surface area contributed by atoms with Gasteiger partial charge < -0.3 is 15.0 Å². The molecule has 0 saturated carbocycles. The zero-order chi connectivity index (χ0) is 16.5. The number of aromatic nitrogens is 5. The first-order chi connectivity index (χ1) is 11.7. The molecule has 9 heteroatoms. The molecule has 3 heterocycles. The third kappa shape index (κ3) is 2.49. The van der Waals surface area contributed by atoms with E-state index in [-0.39, 0.29) is 5.91 Å². The molecule has 2 aromatic heterocycles. The molecule has 1 N–H and O–H groups in total. The van der Waals surface area contributed by atoms with Gasteiger partial charge in [-0.1, -0.05) is 0 Å². The normalized spacial score (nSPS) is 14.4. The van der Waals surface area contributed by atoms with Crippen LogP contribution in [0.15, 0.2) is 30.3 Å². The zero-order valence-electron chi connectivity index (χ0n) is 13.0. The summed E-state index contributed by atoms with van der Waals surface area (Å²) in [6, 6.07) is 9.15. The Hall–Kier alpha value is -3.23. The fraction of sp³-hybridized carbons (Fsp3) is 0.267. The first kappa shape index (κ1) is 14.4. The van der Waals surface area contributed by atoms with Gasteiger partial charge in [0.2, 0.25) is 5.91 Å². The number of hydrogen-bond acceptors (Lipinski definition) is 7. The highest BCUT2D eigenvalue weighted by atomic mass is 16.5. The minimum atomic E-state index is 0.125. The number of nitrogens with one attached hydrogen (secondary N) is 1. The third-order valence-electron chi connectivity index (χ3n) is 3.89. The number of anilines is 3. The van der Waals surface area contributed by atoms with Crippen LogP contribution in [0.1, 0.15) is 12.8 Å². The highest BCUT2D eigenvalue weighted by Gasteiger charge is 2.24. The molecule has 0 spiro atoms. The summed E-state index contributed by atoms with van der Waals surface area (Å²) < 4.78 is 6.79. The SMILES string of the molecule is COc1cc(Nc2ccc3nnnn3n2)ccc1N1CCCC1=O. The Kier molecular flexibility index (Phi) is 3.45. The lowest BCUT2D eigenvalue weighted by Crippen LogP contribution is -2.24. The second-order valence-electron chi connectivity index (χ2n) is 5.41. The molecule has 3 aromatic rings. The molecule has 0 atom stereocenters. The van der Waals surface area contributed by atoms with Crippen molar-refractivity contribution < 1.29 is 9.53 Å². The Morgan fingerprint density at radius 3 is 2.96 bits per heavy atom. The number of amides is 1. The van der Waals surface area contributed by atoms with Gasteiger partial charge in [-0.05, 0) is 41.1 Å². The monoisotopic (exact) mass is 325 g/mol. The van der Waals surface area contributed by atoms with Crippen molar-refractivity contribution in [3.8, 4) is 5.75 Å². The summed E-state index contributed by atoms with van der Waals surface area (Å²) in [5.74, 6) is 1.36. The molecule has 122 valence electrons. The van der Waals surface area contributed by atoms with Gasteiger partial charge in [0.15, 0.2) is 11.5 Å². The molecule has 1 saturated heterocycles. The summed E-state index contributed by atoms with van der Waals surface area (Å²) in [6.45, 7) is 0.722. The molecule has 9 nitrogen and oxygen atoms in total. The van der Waals surface area contributed by atoms with E-state index in [0.29, 0.717) is 23.6 Å². The number of nitrogens with zero attached hydrogens (tertiary/aromatic N) is 6. The zero-order valence-corrected chi connectivity index (χ0v) is 13.0. The first-order valence-corrected chi connectivity index (χ1v) is 7.55. The number of benzene rings is 1. The average molecular weight is 325 g/mol. The highest BCUT2D eigenvalue weighted by molar-refractivity contribution is 5.97. The van der Waals surface area contributed by atoms with Gasteiger partial charge in [-0.2, -0.15) is 0 Å². The van der Waals surface area contributed by atoms with Crippen LogP contribution >= 0.6 is 0 Å². The van der Waals surface area contributed by atoms with E-state index in [1.165, 1.54) is 4.63 Å². The van der Waals surface area contributed by atoms with E-state index < -0.39 is 0 Å². The lowest BCUT2D eigenvalue weighted by Gasteiger charge is -2.19. The number of ether oxygens (including phenoxy) is 1. The lowest BCUT2D eigenvalue weighted by atomic mass is 10.2. The predicted octanol–water partition coefficient (Wildman–Crippen LogP) is 1.40. The standard InChI is InChI=1S/C15H15N7O2/c1-24-12-9-10(4-5-11(12)21-8-2-3-15(21)23)16-13-6-7-14-17-19-20-22(14)18-13/h4-7,9H,2-3,8H2,1H3,(H,16,18). The van der Waals surface area contributed by atoms with Gasteiger partial charge in [0.25, 0.3) is 0 Å². The topological polar surface area (TPSA) is 97.5 Å². The number of carbonyl (C=O) groups is 1. The lowest BCUT2D eigenvalue weighted by molar-refractivity contribution is -0.117. The molecule has 0 radical (unpaired) electrons. The van der Waals surface area contributed by atoms with Crippen LogP contribution in [0.4, 0.5) is 17.2 Å². The molecule has 1 aliphatic rings. The molecule has 0 bridgehead atoms. The Morgan fingerprint density at radius 1 is 1.25 bits per heavy atom. The van der Waals surface area contributed by atoms with Gasteiger partial charge in [0.05, 0.1) is 12.8 Å². The second-order valence-corrected chi connectivity index (χ2v) is 5.41. The molecule has 1 aromatic carbocycles. The molecule has 1 amide bonds. The number of rotatable bonds is 4. The first-order valence-electron chi connectivity index (χ1n) is 7.55. The van der Waals surface area contributed by atoms with Crippen LogP contribution in [0, 0.1) is 0 Å². The van der Waals surface area contributed by atoms with Crippen molar-refractivity contribution in [3.63, 3.8) is 0 Å². The number of fused-ring (bicyclic) bond motifs is 1. The number of methoxy groups -OCH3 is 1. The van der Waals surface area contributed by atoms with Crippen LogP contribution in [-0.2, 0) is 4.79 Å². The van der Waals surface area contributed by atoms with Crippen molar-refractivity contribution in [3.05, 3.63) is 30.3 Å². The number of carbonyl (C=O) groups excluding carboxylic acids is 1. The molecular weight excluding hydrogens is 310 g/mol. The average Bonchev–Trinajstić information content (AvgIpc) is 3.23. The van der Waals surface area contributed by atoms with Gasteiger partial charge in [-0.3, -0.25) is 4.79 Å². The van der Waals surface area contributed by atoms with E-state index in [9.17, 15) is 4.79 Å². The minimum Gasteiger partial charge on any atom is -0.494 e. The van der Waals surface area contributed by atoms with Crippen molar-refractivity contribution in [2.24, 2.45) is 0 Å². The third-order valence-corrected chi connectivity index (χ3v) is 3.89. The van der Waals surface area contributed by atoms with E-state index in [1.807, 2.05) is 18.2 Å². The van der Waals surface area contributed by atoms with Gasteiger partial charge in [-0.25, -0.2) is 0 Å². The highest BCUT2D eigenvalue weighted by Crippen LogP contribution is 2.34. The van der Waals surface area contributed by atoms with E-state index >= 15 is 0 Å². The Balaban J connectivity index is 1.62. The number of tetrazole rings is 1. The van der Waals surface area contributed by atoms with E-state index in [1.54, 1.807) is 24.1 Å². The molecular formula is C15H15N7O2. The molecule has 1 fully saturated rings. The van der Waals surface area contributed by atoms with Gasteiger partial charge >= 0.3 is 0 Å². The van der Waals surface area contributed by atoms with Crippen molar-refractivity contribution in [1.82, 2.24) is 25.3 Å². The summed E-state index contributed by atoms with van der Waals surface area (Å²) in [4.78, 5) is 13.7. The van der Waals surface area contributed by atoms with Crippen molar-refractivity contribution >= 4 is 28.7 Å². The van der Waals surface area contributed by atoms with Crippen LogP contribution in [0.5, 0.6) is 5.75 Å². The summed E-state index contributed by atoms with van der Waals surface area (Å²) in [6.07, 6.45) is 1.46. The summed E-state index contributed by atoms with van der Waals surface area (Å²) >= 11 is 0. The number of hydrogen-bond donors (Lipinski definition) is 1. The van der Waals surface area contributed by atoms with Crippen molar-refractivity contribution in [1.29, 1.82) is 0 Å². The van der Waals surface area contributed by atoms with E-state index in [4.69, 9.17) is 4.74 Å². The van der Waals surface area contributed by atoms with Crippen molar-refractivity contribution in [2.45, 2.75) is 12.8 Å². The summed E-state index contributed by atoms with van der Waals surface area (Å²) in [5, 5.41) is 18.6. The molecule has 24 heavy (non-hydrogen) atoms. The van der Waals surface area contributed by atoms with Crippen LogP contribution in [0.3, 0.4) is 0 Å². The van der Waals surface area contributed by atoms with Crippen molar-refractivity contribution in [2.75, 3.05) is 23.9 Å². The van der Waals surface area contributed by atoms with Gasteiger partial charge in [0.1, 0.15) is 5.75 Å². The molecule has 0 unspecified atom stereocenters. The minimum absolute atomic E-state index is 0.125. The van der Waals surface area contributed by atoms with E-state index in [2.05, 4.69) is 25.9 Å². The smallest absolute Gasteiger partial charge is 0.227 e. The van der Waals surface area contributed by atoms with Gasteiger partial charge in [-0.15, -0.1) is 14.8 Å². The quantitative estimate of drug-likeness (QED) is 0.774. The molecule has 0 aliphatic carbocycles. The Morgan fingerprint density at radius 2 is 2.17 bits per heavy atom. The fourth-order valence-electron chi connectivity index (χ4n) is 2.75. The van der Waals surface area contributed by atoms with Crippen LogP contribution in [0.25, 0.3) is 5.65 Å². The fourth-order valence-corrected chi connectivity index (χ4v) is 2.75. The summed E-state index contributed by atoms with van der Waals surface area (Å²) in [5.41, 5.74) is 2.15. The van der Waals surface area contributed by atoms with Gasteiger partial charge in [0, 0.05) is 24.7 Å². The maximum Gasteiger partial charge on any atom is 0.227 e. The largest absolute Gasteiger partial charge is 0.494 e. The van der Waals surface area contributed by atoms with Crippen LogP contribution < -0.4 is 15.0 Å². The molecule has 4 rings (SSSR count). The second kappa shape index (κ2) is 5.76. The van der Waals surface area contributed by atoms with E-state index in [0.717, 1.165) is 24.3 Å². The Bertz CT molecular complexity index is 908. The van der Waals surface area contributed by atoms with Crippen LogP contribution in [0.2, 0.25) is 0 Å². The Labute approximate surface area is 137 Å². The van der Waals surface area contributed by atoms with Crippen LogP contribution in [-0.4, -0.2) is 44.8 Å². The maximum absolute atomic E-state index is 11.9. The summed E-state index contributed by atoms with van der Waals surface area (Å²) in [7, 11) is 1.59. The predicted molar refractivity (Wildman–Crippen MR) is 86.4 cm³/mol. The maximum atomic E-state index is 11.9.